The van der Waals surface area contributed by atoms with Gasteiger partial charge in [0, 0.05) is 18.4 Å². The maximum Gasteiger partial charge on any atom is 0.175 e. The van der Waals surface area contributed by atoms with Crippen LogP contribution in [0.1, 0.15) is 12.1 Å². The van der Waals surface area contributed by atoms with E-state index in [0.717, 1.165) is 36.5 Å². The fourth-order valence-corrected chi connectivity index (χ4v) is 3.52. The largest absolute Gasteiger partial charge is 0.313 e. The first-order valence-electron chi connectivity index (χ1n) is 6.59. The van der Waals surface area contributed by atoms with Crippen LogP contribution >= 0.6 is 24.1 Å². The number of rotatable bonds is 3. The van der Waals surface area contributed by atoms with E-state index >= 15 is 0 Å². The lowest BCUT2D eigenvalue weighted by atomic mass is 10.0. The van der Waals surface area contributed by atoms with Crippen molar-refractivity contribution < 1.29 is 8.42 Å². The topological polar surface area (TPSA) is 72.0 Å². The van der Waals surface area contributed by atoms with Crippen LogP contribution in [0.4, 0.5) is 0 Å². The maximum atomic E-state index is 11.5. The lowest BCUT2D eigenvalue weighted by Crippen LogP contribution is -2.20. The number of aromatic nitrogens is 2. The van der Waals surface area contributed by atoms with Crippen molar-refractivity contribution in [3.05, 3.63) is 36.0 Å². The maximum absolute atomic E-state index is 11.5. The smallest absolute Gasteiger partial charge is 0.175 e. The molecule has 1 aliphatic rings. The second kappa shape index (κ2) is 6.87. The van der Waals surface area contributed by atoms with Gasteiger partial charge in [-0.1, -0.05) is 18.2 Å². The summed E-state index contributed by atoms with van der Waals surface area (Å²) in [5, 5.41) is 3.27. The van der Waals surface area contributed by atoms with Crippen molar-refractivity contribution in [2.24, 2.45) is 0 Å². The van der Waals surface area contributed by atoms with Crippen LogP contribution < -0.4 is 5.32 Å². The van der Waals surface area contributed by atoms with E-state index < -0.39 is 9.84 Å². The first-order valence-corrected chi connectivity index (χ1v) is 9.21. The normalized spacial score (nSPS) is 15.0. The summed E-state index contributed by atoms with van der Waals surface area (Å²) < 4.78 is 31.8. The Morgan fingerprint density at radius 3 is 2.41 bits per heavy atom. The fourth-order valence-electron chi connectivity index (χ4n) is 2.29. The van der Waals surface area contributed by atoms with E-state index in [4.69, 9.17) is 0 Å². The number of sulfone groups is 1. The molecule has 2 aromatic rings. The van der Waals surface area contributed by atoms with E-state index in [9.17, 15) is 8.42 Å². The average molecular weight is 358 g/mol. The van der Waals surface area contributed by atoms with E-state index in [1.807, 2.05) is 0 Å². The fraction of sp³-hybridized carbons (Fsp3) is 0.286. The molecule has 0 aliphatic carbocycles. The van der Waals surface area contributed by atoms with Gasteiger partial charge in [-0.25, -0.2) is 8.42 Å². The van der Waals surface area contributed by atoms with Crippen LogP contribution in [0.2, 0.25) is 0 Å². The predicted octanol–water partition coefficient (Wildman–Crippen LogP) is 2.41. The van der Waals surface area contributed by atoms with Crippen molar-refractivity contribution in [2.75, 3.05) is 19.3 Å². The predicted molar refractivity (Wildman–Crippen MR) is 91.2 cm³/mol. The number of hydrogen-bond donors (Lipinski definition) is 1. The summed E-state index contributed by atoms with van der Waals surface area (Å²) >= 11 is 1.18. The standard InChI is InChI=1S/C14H15N3O2S2.ClH/c1-21(18,19)12-4-2-10(3-5-12)13-14(17-20-16-13)11-6-8-15-9-7-11;/h2-6,15H,7-9H2,1H3;1H. The highest BCUT2D eigenvalue weighted by molar-refractivity contribution is 7.90. The zero-order chi connectivity index (χ0) is 14.9. The van der Waals surface area contributed by atoms with E-state index in [1.54, 1.807) is 24.3 Å². The van der Waals surface area contributed by atoms with Gasteiger partial charge in [-0.2, -0.15) is 8.75 Å². The molecule has 2 heterocycles. The summed E-state index contributed by atoms with van der Waals surface area (Å²) in [4.78, 5) is 0.317. The van der Waals surface area contributed by atoms with Crippen LogP contribution in [-0.2, 0) is 9.84 Å². The Labute approximate surface area is 140 Å². The summed E-state index contributed by atoms with van der Waals surface area (Å²) in [6.45, 7) is 1.79. The number of hydrogen-bond acceptors (Lipinski definition) is 6. The van der Waals surface area contributed by atoms with Crippen LogP contribution in [0.25, 0.3) is 16.8 Å². The number of nitrogens with zero attached hydrogens (tertiary/aromatic N) is 2. The highest BCUT2D eigenvalue weighted by Crippen LogP contribution is 2.30. The molecule has 1 aromatic carbocycles. The number of benzene rings is 1. The first-order chi connectivity index (χ1) is 10.1. The van der Waals surface area contributed by atoms with Crippen LogP contribution in [-0.4, -0.2) is 36.5 Å². The molecular weight excluding hydrogens is 342 g/mol. The van der Waals surface area contributed by atoms with Gasteiger partial charge in [-0.3, -0.25) is 0 Å². The zero-order valence-electron chi connectivity index (χ0n) is 11.9. The van der Waals surface area contributed by atoms with Gasteiger partial charge >= 0.3 is 0 Å². The molecule has 0 saturated heterocycles. The SMILES string of the molecule is CS(=O)(=O)c1ccc(-c2nsnc2C2=CCNCC2)cc1.Cl. The molecule has 22 heavy (non-hydrogen) atoms. The van der Waals surface area contributed by atoms with E-state index in [0.29, 0.717) is 4.90 Å². The number of halogens is 1. The average Bonchev–Trinajstić information content (AvgIpc) is 2.97. The quantitative estimate of drug-likeness (QED) is 0.913. The van der Waals surface area contributed by atoms with E-state index in [1.165, 1.54) is 23.6 Å². The second-order valence-corrected chi connectivity index (χ2v) is 7.49. The first kappa shape index (κ1) is 17.1. The van der Waals surface area contributed by atoms with Gasteiger partial charge in [-0.15, -0.1) is 12.4 Å². The van der Waals surface area contributed by atoms with Gasteiger partial charge in [-0.05, 0) is 30.7 Å². The van der Waals surface area contributed by atoms with Crippen molar-refractivity contribution in [3.8, 4) is 11.3 Å². The van der Waals surface area contributed by atoms with Crippen molar-refractivity contribution in [1.29, 1.82) is 0 Å². The minimum Gasteiger partial charge on any atom is -0.313 e. The summed E-state index contributed by atoms with van der Waals surface area (Å²) in [7, 11) is -3.17. The Morgan fingerprint density at radius 1 is 1.14 bits per heavy atom. The molecule has 3 rings (SSSR count). The van der Waals surface area contributed by atoms with Gasteiger partial charge < -0.3 is 5.32 Å². The molecule has 0 radical (unpaired) electrons. The third-order valence-corrected chi connectivity index (χ3v) is 5.07. The van der Waals surface area contributed by atoms with Crippen molar-refractivity contribution >= 4 is 39.5 Å². The molecule has 0 bridgehead atoms. The molecule has 1 N–H and O–H groups in total. The molecule has 118 valence electrons. The lowest BCUT2D eigenvalue weighted by molar-refractivity contribution is 0.602. The van der Waals surface area contributed by atoms with Crippen molar-refractivity contribution in [1.82, 2.24) is 14.1 Å². The lowest BCUT2D eigenvalue weighted by Gasteiger charge is -2.13. The number of nitrogens with one attached hydrogen (secondary N) is 1. The molecule has 0 unspecified atom stereocenters. The van der Waals surface area contributed by atoms with Gasteiger partial charge in [0.15, 0.2) is 9.84 Å². The Balaban J connectivity index is 0.00000176. The van der Waals surface area contributed by atoms with Gasteiger partial charge in [0.05, 0.1) is 16.6 Å². The van der Waals surface area contributed by atoms with Gasteiger partial charge in [0.2, 0.25) is 0 Å². The van der Waals surface area contributed by atoms with Gasteiger partial charge in [0.25, 0.3) is 0 Å². The van der Waals surface area contributed by atoms with Crippen LogP contribution in [0, 0.1) is 0 Å². The van der Waals surface area contributed by atoms with E-state index in [2.05, 4.69) is 20.1 Å². The highest BCUT2D eigenvalue weighted by Gasteiger charge is 2.16. The molecule has 0 amide bonds. The van der Waals surface area contributed by atoms with Crippen molar-refractivity contribution in [2.45, 2.75) is 11.3 Å². The zero-order valence-corrected chi connectivity index (χ0v) is 14.4. The Kier molecular flexibility index (Phi) is 5.33. The molecule has 0 atom stereocenters. The summed E-state index contributed by atoms with van der Waals surface area (Å²) in [6.07, 6.45) is 4.27. The third-order valence-electron chi connectivity index (χ3n) is 3.41. The molecule has 0 fully saturated rings. The Bertz CT molecular complexity index is 783. The molecular formula is C14H16ClN3O2S2. The molecule has 0 saturated carbocycles. The van der Waals surface area contributed by atoms with Gasteiger partial charge in [0.1, 0.15) is 11.4 Å². The monoisotopic (exact) mass is 357 g/mol. The minimum atomic E-state index is -3.17. The summed E-state index contributed by atoms with van der Waals surface area (Å²) in [5.74, 6) is 0. The van der Waals surface area contributed by atoms with Crippen molar-refractivity contribution in [3.63, 3.8) is 0 Å². The summed E-state index contributed by atoms with van der Waals surface area (Å²) in [5.41, 5.74) is 3.83. The van der Waals surface area contributed by atoms with Crippen LogP contribution in [0.5, 0.6) is 0 Å². The minimum absolute atomic E-state index is 0. The van der Waals surface area contributed by atoms with Crippen LogP contribution in [0.15, 0.2) is 35.2 Å². The van der Waals surface area contributed by atoms with Crippen LogP contribution in [0.3, 0.4) is 0 Å². The summed E-state index contributed by atoms with van der Waals surface area (Å²) in [6, 6.07) is 6.81. The molecule has 0 spiro atoms. The Morgan fingerprint density at radius 2 is 1.82 bits per heavy atom. The molecule has 5 nitrogen and oxygen atoms in total. The third kappa shape index (κ3) is 3.55. The molecule has 1 aliphatic heterocycles. The van der Waals surface area contributed by atoms with E-state index in [-0.39, 0.29) is 12.4 Å². The second-order valence-electron chi connectivity index (χ2n) is 4.94. The highest BCUT2D eigenvalue weighted by atomic mass is 35.5. The molecule has 1 aromatic heterocycles. The molecule has 8 heteroatoms. The Hall–Kier alpha value is -1.28.